The summed E-state index contributed by atoms with van der Waals surface area (Å²) in [5.41, 5.74) is -0.0583. The number of aromatic nitrogens is 5. The molecule has 142 valence electrons. The number of nitrogens with zero attached hydrogens (tertiary/aromatic N) is 5. The second kappa shape index (κ2) is 7.54. The number of hydrogen-bond acceptors (Lipinski definition) is 9. The van der Waals surface area contributed by atoms with Crippen molar-refractivity contribution in [3.8, 4) is 0 Å². The highest BCUT2D eigenvalue weighted by Gasteiger charge is 2.20. The molecular formula is C17H21N7O3. The van der Waals surface area contributed by atoms with Crippen molar-refractivity contribution < 1.29 is 14.6 Å². The van der Waals surface area contributed by atoms with Gasteiger partial charge >= 0.3 is 6.09 Å². The number of pyridine rings is 1. The van der Waals surface area contributed by atoms with E-state index in [1.807, 2.05) is 0 Å². The Morgan fingerprint density at radius 2 is 1.89 bits per heavy atom. The maximum absolute atomic E-state index is 12.3. The van der Waals surface area contributed by atoms with E-state index >= 15 is 0 Å². The van der Waals surface area contributed by atoms with Crippen molar-refractivity contribution in [2.45, 2.75) is 26.4 Å². The molecule has 0 unspecified atom stereocenters. The van der Waals surface area contributed by atoms with Gasteiger partial charge in [0.25, 0.3) is 0 Å². The number of ether oxygens (including phenoxy) is 1. The van der Waals surface area contributed by atoms with Gasteiger partial charge in [-0.3, -0.25) is 0 Å². The zero-order valence-electron chi connectivity index (χ0n) is 15.3. The van der Waals surface area contributed by atoms with Gasteiger partial charge in [-0.2, -0.15) is 9.78 Å². The van der Waals surface area contributed by atoms with Gasteiger partial charge in [0, 0.05) is 30.3 Å². The topological polar surface area (TPSA) is 127 Å². The normalized spacial score (nSPS) is 11.4. The molecule has 0 saturated carbocycles. The fourth-order valence-electron chi connectivity index (χ4n) is 2.28. The lowest BCUT2D eigenvalue weighted by atomic mass is 10.2. The average molecular weight is 371 g/mol. The molecule has 10 nitrogen and oxygen atoms in total. The summed E-state index contributed by atoms with van der Waals surface area (Å²) in [7, 11) is 0. The minimum absolute atomic E-state index is 0.000355. The molecule has 0 aliphatic rings. The third-order valence-electron chi connectivity index (χ3n) is 3.36. The van der Waals surface area contributed by atoms with Crippen molar-refractivity contribution >= 4 is 34.4 Å². The lowest BCUT2D eigenvalue weighted by Gasteiger charge is -2.19. The molecule has 3 rings (SSSR count). The smallest absolute Gasteiger partial charge is 0.435 e. The van der Waals surface area contributed by atoms with E-state index in [2.05, 4.69) is 30.7 Å². The van der Waals surface area contributed by atoms with Crippen LogP contribution in [-0.2, 0) is 4.74 Å². The van der Waals surface area contributed by atoms with Gasteiger partial charge in [0.1, 0.15) is 29.4 Å². The Balaban J connectivity index is 1.84. The molecule has 0 atom stereocenters. The molecule has 0 aliphatic heterocycles. The van der Waals surface area contributed by atoms with E-state index in [0.29, 0.717) is 34.9 Å². The first kappa shape index (κ1) is 18.5. The molecular weight excluding hydrogens is 350 g/mol. The number of fused-ring (bicyclic) bond motifs is 1. The van der Waals surface area contributed by atoms with E-state index in [1.165, 1.54) is 11.0 Å². The summed E-state index contributed by atoms with van der Waals surface area (Å²) in [6, 6.07) is 3.38. The summed E-state index contributed by atoms with van der Waals surface area (Å²) in [4.78, 5) is 24.8. The second-order valence-electron chi connectivity index (χ2n) is 6.73. The minimum atomic E-state index is -0.623. The molecule has 3 heterocycles. The summed E-state index contributed by atoms with van der Waals surface area (Å²) in [5.74, 6) is 1.57. The number of rotatable bonds is 5. The highest BCUT2D eigenvalue weighted by molar-refractivity contribution is 5.88. The Bertz CT molecular complexity index is 949. The Labute approximate surface area is 155 Å². The van der Waals surface area contributed by atoms with Crippen LogP contribution in [0.2, 0.25) is 0 Å². The van der Waals surface area contributed by atoms with Gasteiger partial charge in [0.2, 0.25) is 0 Å². The quantitative estimate of drug-likeness (QED) is 0.618. The van der Waals surface area contributed by atoms with Crippen LogP contribution in [0.4, 0.5) is 22.2 Å². The number of carbonyl (C=O) groups is 1. The van der Waals surface area contributed by atoms with Gasteiger partial charge in [-0.05, 0) is 20.8 Å². The highest BCUT2D eigenvalue weighted by atomic mass is 16.6. The van der Waals surface area contributed by atoms with Crippen molar-refractivity contribution in [2.75, 3.05) is 23.8 Å². The molecule has 27 heavy (non-hydrogen) atoms. The SMILES string of the molecule is CC(C)(C)OC(=O)n1ncc2cnc(Nc3cc(NCCO)ncn3)cc21. The van der Waals surface area contributed by atoms with Crippen molar-refractivity contribution in [3.63, 3.8) is 0 Å². The maximum Gasteiger partial charge on any atom is 0.435 e. The van der Waals surface area contributed by atoms with Gasteiger partial charge < -0.3 is 20.5 Å². The molecule has 0 fully saturated rings. The number of hydrogen-bond donors (Lipinski definition) is 3. The Hall–Kier alpha value is -3.27. The molecule has 3 aromatic heterocycles. The fraction of sp³-hybridized carbons (Fsp3) is 0.353. The van der Waals surface area contributed by atoms with Crippen LogP contribution in [0.1, 0.15) is 20.8 Å². The average Bonchev–Trinajstić information content (AvgIpc) is 3.02. The number of aliphatic hydroxyl groups is 1. The van der Waals surface area contributed by atoms with E-state index in [0.717, 1.165) is 0 Å². The van der Waals surface area contributed by atoms with Gasteiger partial charge in [0.05, 0.1) is 18.3 Å². The Morgan fingerprint density at radius 3 is 2.63 bits per heavy atom. The summed E-state index contributed by atoms with van der Waals surface area (Å²) < 4.78 is 6.57. The molecule has 0 bridgehead atoms. The van der Waals surface area contributed by atoms with Crippen LogP contribution in [0.25, 0.3) is 10.9 Å². The zero-order valence-corrected chi connectivity index (χ0v) is 15.3. The third kappa shape index (κ3) is 4.67. The molecule has 10 heteroatoms. The first-order valence-corrected chi connectivity index (χ1v) is 8.37. The highest BCUT2D eigenvalue weighted by Crippen LogP contribution is 2.21. The van der Waals surface area contributed by atoms with Crippen molar-refractivity contribution in [3.05, 3.63) is 30.9 Å². The first-order valence-electron chi connectivity index (χ1n) is 8.37. The van der Waals surface area contributed by atoms with Gasteiger partial charge in [-0.1, -0.05) is 0 Å². The lowest BCUT2D eigenvalue weighted by Crippen LogP contribution is -2.27. The van der Waals surface area contributed by atoms with Crippen molar-refractivity contribution in [1.29, 1.82) is 0 Å². The molecule has 0 aromatic carbocycles. The number of nitrogens with one attached hydrogen (secondary N) is 2. The van der Waals surface area contributed by atoms with Crippen LogP contribution < -0.4 is 10.6 Å². The van der Waals surface area contributed by atoms with Crippen LogP contribution in [-0.4, -0.2) is 54.7 Å². The van der Waals surface area contributed by atoms with E-state index in [9.17, 15) is 4.79 Å². The molecule has 0 aliphatic carbocycles. The number of anilines is 3. The van der Waals surface area contributed by atoms with Crippen LogP contribution in [0.15, 0.2) is 30.9 Å². The monoisotopic (exact) mass is 371 g/mol. The van der Waals surface area contributed by atoms with E-state index in [1.54, 1.807) is 45.3 Å². The molecule has 0 saturated heterocycles. The Morgan fingerprint density at radius 1 is 1.15 bits per heavy atom. The molecule has 3 N–H and O–H groups in total. The molecule has 0 amide bonds. The molecule has 3 aromatic rings. The summed E-state index contributed by atoms with van der Waals surface area (Å²) >= 11 is 0. The standard InChI is InChI=1S/C17H21N7O3/c1-17(2,3)27-16(26)24-12-6-14(19-8-11(12)9-22-24)23-15-7-13(18-4-5-25)20-10-21-15/h6-10,25H,4-5H2,1-3H3,(H2,18,19,20,21,23). The molecule has 0 radical (unpaired) electrons. The van der Waals surface area contributed by atoms with E-state index < -0.39 is 11.7 Å². The maximum atomic E-state index is 12.3. The zero-order chi connectivity index (χ0) is 19.4. The largest absolute Gasteiger partial charge is 0.442 e. The van der Waals surface area contributed by atoms with E-state index in [-0.39, 0.29) is 6.61 Å². The predicted octanol–water partition coefficient (Wildman–Crippen LogP) is 2.15. The predicted molar refractivity (Wildman–Crippen MR) is 100 cm³/mol. The fourth-order valence-corrected chi connectivity index (χ4v) is 2.28. The molecule has 0 spiro atoms. The van der Waals surface area contributed by atoms with E-state index in [4.69, 9.17) is 9.84 Å². The second-order valence-corrected chi connectivity index (χ2v) is 6.73. The Kier molecular flexibility index (Phi) is 5.17. The lowest BCUT2D eigenvalue weighted by molar-refractivity contribution is 0.0523. The van der Waals surface area contributed by atoms with Crippen LogP contribution in [0.3, 0.4) is 0 Å². The number of aliphatic hydroxyl groups excluding tert-OH is 1. The van der Waals surface area contributed by atoms with Crippen LogP contribution in [0, 0.1) is 0 Å². The first-order chi connectivity index (χ1) is 12.9. The van der Waals surface area contributed by atoms with Gasteiger partial charge in [0.15, 0.2) is 0 Å². The van der Waals surface area contributed by atoms with Gasteiger partial charge in [-0.15, -0.1) is 0 Å². The van der Waals surface area contributed by atoms with Gasteiger partial charge in [-0.25, -0.2) is 19.7 Å². The summed E-state index contributed by atoms with van der Waals surface area (Å²) in [5, 5.41) is 19.7. The van der Waals surface area contributed by atoms with Crippen LogP contribution >= 0.6 is 0 Å². The third-order valence-corrected chi connectivity index (χ3v) is 3.36. The van der Waals surface area contributed by atoms with Crippen LogP contribution in [0.5, 0.6) is 0 Å². The minimum Gasteiger partial charge on any atom is -0.442 e. The van der Waals surface area contributed by atoms with Crippen molar-refractivity contribution in [1.82, 2.24) is 24.7 Å². The number of carbonyl (C=O) groups excluding carboxylic acids is 1. The summed E-state index contributed by atoms with van der Waals surface area (Å²) in [6.45, 7) is 5.77. The summed E-state index contributed by atoms with van der Waals surface area (Å²) in [6.07, 6.45) is 3.99. The van der Waals surface area contributed by atoms with Crippen molar-refractivity contribution in [2.24, 2.45) is 0 Å².